The molecule has 0 radical (unpaired) electrons. The summed E-state index contributed by atoms with van der Waals surface area (Å²) in [4.78, 5) is 31.0. The fourth-order valence-electron chi connectivity index (χ4n) is 2.89. The van der Waals surface area contributed by atoms with Gasteiger partial charge in [0.15, 0.2) is 0 Å². The van der Waals surface area contributed by atoms with Gasteiger partial charge < -0.3 is 4.90 Å². The van der Waals surface area contributed by atoms with E-state index in [4.69, 9.17) is 0 Å². The molecule has 3 heterocycles. The summed E-state index contributed by atoms with van der Waals surface area (Å²) in [6.07, 6.45) is 3.00. The molecule has 1 saturated heterocycles. The maximum Gasteiger partial charge on any atom is 0.274 e. The third-order valence-corrected chi connectivity index (χ3v) is 5.13. The first-order chi connectivity index (χ1) is 11.1. The van der Waals surface area contributed by atoms with Crippen molar-refractivity contribution in [3.63, 3.8) is 0 Å². The molecule has 0 aromatic carbocycles. The van der Waals surface area contributed by atoms with Crippen molar-refractivity contribution in [2.45, 2.75) is 45.7 Å². The van der Waals surface area contributed by atoms with Gasteiger partial charge in [-0.3, -0.25) is 9.59 Å². The molecule has 0 N–H and O–H groups in total. The van der Waals surface area contributed by atoms with Gasteiger partial charge in [0.05, 0.1) is 6.04 Å². The number of hydrogen-bond acceptors (Lipinski definition) is 5. The molecule has 0 bridgehead atoms. The van der Waals surface area contributed by atoms with E-state index in [-0.39, 0.29) is 17.5 Å². The Morgan fingerprint density at radius 3 is 2.91 bits per heavy atom. The lowest BCUT2D eigenvalue weighted by molar-refractivity contribution is 0.0602. The number of carbonyl (C=O) groups excluding carboxylic acids is 1. The molecule has 0 spiro atoms. The molecule has 6 nitrogen and oxygen atoms in total. The SMILES string of the molecule is CCn1nc(C(=O)N2CCCCC2c2nc(C)cs2)ccc1=O. The van der Waals surface area contributed by atoms with Crippen molar-refractivity contribution in [2.24, 2.45) is 0 Å². The average molecular weight is 332 g/mol. The van der Waals surface area contributed by atoms with Crippen LogP contribution < -0.4 is 5.56 Å². The Bertz CT molecular complexity index is 767. The minimum Gasteiger partial charge on any atom is -0.328 e. The van der Waals surface area contributed by atoms with Gasteiger partial charge in [-0.2, -0.15) is 5.10 Å². The van der Waals surface area contributed by atoms with Crippen LogP contribution in [0.25, 0.3) is 0 Å². The van der Waals surface area contributed by atoms with Gasteiger partial charge in [0.2, 0.25) is 0 Å². The molecule has 23 heavy (non-hydrogen) atoms. The van der Waals surface area contributed by atoms with Crippen LogP contribution in [0, 0.1) is 6.92 Å². The fraction of sp³-hybridized carbons (Fsp3) is 0.500. The maximum atomic E-state index is 12.9. The molecule has 0 aliphatic carbocycles. The summed E-state index contributed by atoms with van der Waals surface area (Å²) in [5.41, 5.74) is 1.13. The van der Waals surface area contributed by atoms with Gasteiger partial charge in [-0.25, -0.2) is 9.67 Å². The van der Waals surface area contributed by atoms with Crippen molar-refractivity contribution in [3.05, 3.63) is 44.3 Å². The first kappa shape index (κ1) is 15.9. The summed E-state index contributed by atoms with van der Waals surface area (Å²) in [5.74, 6) is -0.121. The number of carbonyl (C=O) groups is 1. The zero-order valence-corrected chi connectivity index (χ0v) is 14.2. The highest BCUT2D eigenvalue weighted by molar-refractivity contribution is 7.09. The Morgan fingerprint density at radius 1 is 1.39 bits per heavy atom. The Balaban J connectivity index is 1.91. The Kier molecular flexibility index (Phi) is 4.56. The average Bonchev–Trinajstić information content (AvgIpc) is 3.01. The van der Waals surface area contributed by atoms with Crippen molar-refractivity contribution >= 4 is 17.2 Å². The molecular weight excluding hydrogens is 312 g/mol. The van der Waals surface area contributed by atoms with Crippen LogP contribution in [-0.2, 0) is 6.54 Å². The van der Waals surface area contributed by atoms with Gasteiger partial charge in [-0.1, -0.05) is 0 Å². The van der Waals surface area contributed by atoms with Crippen molar-refractivity contribution in [1.82, 2.24) is 19.7 Å². The summed E-state index contributed by atoms with van der Waals surface area (Å²) in [7, 11) is 0. The monoisotopic (exact) mass is 332 g/mol. The van der Waals surface area contributed by atoms with Gasteiger partial charge >= 0.3 is 0 Å². The number of piperidine rings is 1. The summed E-state index contributed by atoms with van der Waals surface area (Å²) >= 11 is 1.60. The summed E-state index contributed by atoms with van der Waals surface area (Å²) < 4.78 is 1.32. The van der Waals surface area contributed by atoms with Crippen LogP contribution in [0.15, 0.2) is 22.3 Å². The van der Waals surface area contributed by atoms with E-state index in [1.807, 2.05) is 24.1 Å². The van der Waals surface area contributed by atoms with Crippen LogP contribution in [0.5, 0.6) is 0 Å². The van der Waals surface area contributed by atoms with E-state index in [9.17, 15) is 9.59 Å². The summed E-state index contributed by atoms with van der Waals surface area (Å²) in [6, 6.07) is 2.95. The van der Waals surface area contributed by atoms with E-state index in [2.05, 4.69) is 10.1 Å². The smallest absolute Gasteiger partial charge is 0.274 e. The molecular formula is C16H20N4O2S. The fourth-order valence-corrected chi connectivity index (χ4v) is 3.84. The van der Waals surface area contributed by atoms with Crippen molar-refractivity contribution in [2.75, 3.05) is 6.54 Å². The predicted molar refractivity (Wildman–Crippen MR) is 88.7 cm³/mol. The molecule has 2 aromatic rings. The number of likely N-dealkylation sites (tertiary alicyclic amines) is 1. The zero-order valence-electron chi connectivity index (χ0n) is 13.4. The van der Waals surface area contributed by atoms with Crippen molar-refractivity contribution in [3.8, 4) is 0 Å². The summed E-state index contributed by atoms with van der Waals surface area (Å²) in [6.45, 7) is 4.96. The highest BCUT2D eigenvalue weighted by Crippen LogP contribution is 2.33. The normalized spacial score (nSPS) is 18.2. The Hall–Kier alpha value is -2.02. The standard InChI is InChI=1S/C16H20N4O2S/c1-3-20-14(21)8-7-12(18-20)16(22)19-9-5-4-6-13(19)15-17-11(2)10-23-15/h7-8,10,13H,3-6,9H2,1-2H3. The van der Waals surface area contributed by atoms with E-state index < -0.39 is 0 Å². The van der Waals surface area contributed by atoms with Gasteiger partial charge in [0.25, 0.3) is 11.5 Å². The number of aryl methyl sites for hydroxylation is 2. The Morgan fingerprint density at radius 2 is 2.22 bits per heavy atom. The Labute approximate surface area is 138 Å². The van der Waals surface area contributed by atoms with Crippen LogP contribution in [-0.4, -0.2) is 32.1 Å². The molecule has 7 heteroatoms. The van der Waals surface area contributed by atoms with Crippen LogP contribution in [0.1, 0.15) is 53.4 Å². The molecule has 1 aliphatic rings. The minimum absolute atomic E-state index is 0.0127. The van der Waals surface area contributed by atoms with E-state index >= 15 is 0 Å². The largest absolute Gasteiger partial charge is 0.328 e. The molecule has 1 fully saturated rings. The number of nitrogens with zero attached hydrogens (tertiary/aromatic N) is 4. The number of thiazole rings is 1. The van der Waals surface area contributed by atoms with Gasteiger partial charge in [-0.15, -0.1) is 11.3 Å². The van der Waals surface area contributed by atoms with E-state index in [1.54, 1.807) is 11.3 Å². The van der Waals surface area contributed by atoms with Crippen molar-refractivity contribution < 1.29 is 4.79 Å². The topological polar surface area (TPSA) is 68.1 Å². The third-order valence-electron chi connectivity index (χ3n) is 4.07. The molecule has 1 unspecified atom stereocenters. The molecule has 2 aromatic heterocycles. The second kappa shape index (κ2) is 6.62. The number of aromatic nitrogens is 3. The molecule has 0 saturated carbocycles. The maximum absolute atomic E-state index is 12.9. The van der Waals surface area contributed by atoms with Gasteiger partial charge in [0, 0.05) is 30.2 Å². The van der Waals surface area contributed by atoms with Crippen LogP contribution in [0.4, 0.5) is 0 Å². The van der Waals surface area contributed by atoms with E-state index in [0.29, 0.717) is 18.8 Å². The van der Waals surface area contributed by atoms with Gasteiger partial charge in [-0.05, 0) is 39.2 Å². The zero-order chi connectivity index (χ0) is 16.4. The molecule has 1 atom stereocenters. The third kappa shape index (κ3) is 3.19. The second-order valence-corrected chi connectivity index (χ2v) is 6.60. The van der Waals surface area contributed by atoms with Crippen molar-refractivity contribution in [1.29, 1.82) is 0 Å². The lowest BCUT2D eigenvalue weighted by Crippen LogP contribution is -2.39. The number of amides is 1. The highest BCUT2D eigenvalue weighted by Gasteiger charge is 2.31. The van der Waals surface area contributed by atoms with E-state index in [1.165, 1.54) is 16.8 Å². The van der Waals surface area contributed by atoms with E-state index in [0.717, 1.165) is 30.0 Å². The van der Waals surface area contributed by atoms with Gasteiger partial charge in [0.1, 0.15) is 10.7 Å². The van der Waals surface area contributed by atoms with Crippen LogP contribution in [0.3, 0.4) is 0 Å². The first-order valence-electron chi connectivity index (χ1n) is 7.91. The second-order valence-electron chi connectivity index (χ2n) is 5.71. The highest BCUT2D eigenvalue weighted by atomic mass is 32.1. The predicted octanol–water partition coefficient (Wildman–Crippen LogP) is 2.40. The minimum atomic E-state index is -0.185. The molecule has 1 aliphatic heterocycles. The number of rotatable bonds is 3. The van der Waals surface area contributed by atoms with Crippen LogP contribution in [0.2, 0.25) is 0 Å². The number of hydrogen-bond donors (Lipinski definition) is 0. The van der Waals surface area contributed by atoms with Crippen LogP contribution >= 0.6 is 11.3 Å². The molecule has 122 valence electrons. The first-order valence-corrected chi connectivity index (χ1v) is 8.79. The molecule has 1 amide bonds. The lowest BCUT2D eigenvalue weighted by Gasteiger charge is -2.34. The summed E-state index contributed by atoms with van der Waals surface area (Å²) in [5, 5.41) is 7.20. The quantitative estimate of drug-likeness (QED) is 0.865. The molecule has 3 rings (SSSR count). The lowest BCUT2D eigenvalue weighted by atomic mass is 10.0.